The molecule has 6 nitrogen and oxygen atoms in total. The van der Waals surface area contributed by atoms with E-state index in [4.69, 9.17) is 23.2 Å². The van der Waals surface area contributed by atoms with E-state index in [1.165, 1.54) is 0 Å². The molecule has 0 aliphatic heterocycles. The normalized spacial score (nSPS) is 12.6. The Hall–Kier alpha value is -0.610. The second-order valence-corrected chi connectivity index (χ2v) is 9.14. The SMILES string of the molecule is CCCCN(SC(F)(Cl)Cl)S(=O)(=O)c1ccc([N+](=O)[O-])cc1. The molecule has 0 N–H and O–H groups in total. The van der Waals surface area contributed by atoms with Gasteiger partial charge in [0.1, 0.15) is 0 Å². The maximum absolute atomic E-state index is 13.4. The summed E-state index contributed by atoms with van der Waals surface area (Å²) < 4.78 is 36.2. The summed E-state index contributed by atoms with van der Waals surface area (Å²) >= 11 is 10.6. The van der Waals surface area contributed by atoms with Gasteiger partial charge in [-0.15, -0.1) is 3.71 Å². The van der Waals surface area contributed by atoms with Gasteiger partial charge in [0.05, 0.1) is 9.82 Å². The van der Waals surface area contributed by atoms with Crippen LogP contribution in [0.25, 0.3) is 0 Å². The van der Waals surface area contributed by atoms with Crippen molar-refractivity contribution in [2.45, 2.75) is 28.6 Å². The minimum absolute atomic E-state index is 0.00555. The zero-order chi connectivity index (χ0) is 17.0. The quantitative estimate of drug-likeness (QED) is 0.289. The highest BCUT2D eigenvalue weighted by Crippen LogP contribution is 2.41. The number of nitrogens with zero attached hydrogens (tertiary/aromatic N) is 2. The van der Waals surface area contributed by atoms with Crippen LogP contribution in [-0.4, -0.2) is 27.5 Å². The van der Waals surface area contributed by atoms with E-state index < -0.39 is 18.9 Å². The van der Waals surface area contributed by atoms with Crippen LogP contribution in [-0.2, 0) is 10.0 Å². The lowest BCUT2D eigenvalue weighted by Crippen LogP contribution is -2.28. The third-order valence-electron chi connectivity index (χ3n) is 2.51. The molecule has 0 spiro atoms. The van der Waals surface area contributed by atoms with Crippen molar-refractivity contribution >= 4 is 50.9 Å². The molecule has 11 heteroatoms. The zero-order valence-corrected chi connectivity index (χ0v) is 14.6. The van der Waals surface area contributed by atoms with Gasteiger partial charge in [0.2, 0.25) is 0 Å². The van der Waals surface area contributed by atoms with E-state index in [0.29, 0.717) is 12.8 Å². The standard InChI is InChI=1S/C11H13Cl2FN2O4S2/c1-2-3-8-15(21-11(12,13)14)22(19,20)10-6-4-9(5-7-10)16(17)18/h4-7H,2-3,8H2,1H3. The second-order valence-electron chi connectivity index (χ2n) is 4.17. The molecule has 0 saturated carbocycles. The predicted molar refractivity (Wildman–Crippen MR) is 85.0 cm³/mol. The molecule has 0 bridgehead atoms. The fourth-order valence-electron chi connectivity index (χ4n) is 1.47. The number of hydrogen-bond acceptors (Lipinski definition) is 5. The number of sulfonamides is 1. The number of rotatable bonds is 8. The summed E-state index contributed by atoms with van der Waals surface area (Å²) in [6, 6.07) is 4.27. The number of hydrogen-bond donors (Lipinski definition) is 0. The van der Waals surface area contributed by atoms with E-state index >= 15 is 0 Å². The lowest BCUT2D eigenvalue weighted by atomic mass is 10.3. The fraction of sp³-hybridized carbons (Fsp3) is 0.455. The van der Waals surface area contributed by atoms with E-state index in [0.717, 1.165) is 28.0 Å². The van der Waals surface area contributed by atoms with Crippen LogP contribution in [0, 0.1) is 10.1 Å². The minimum Gasteiger partial charge on any atom is -0.258 e. The molecule has 1 rings (SSSR count). The Morgan fingerprint density at radius 1 is 1.36 bits per heavy atom. The highest BCUT2D eigenvalue weighted by molar-refractivity contribution is 8.10. The number of alkyl halides is 3. The summed E-state index contributed by atoms with van der Waals surface area (Å²) in [6.07, 6.45) is 1.15. The highest BCUT2D eigenvalue weighted by atomic mass is 35.5. The van der Waals surface area contributed by atoms with Gasteiger partial charge in [0, 0.05) is 30.6 Å². The van der Waals surface area contributed by atoms with Crippen LogP contribution in [0.3, 0.4) is 0 Å². The Balaban J connectivity index is 3.11. The van der Waals surface area contributed by atoms with Gasteiger partial charge in [-0.3, -0.25) is 10.1 Å². The van der Waals surface area contributed by atoms with Crippen LogP contribution in [0.5, 0.6) is 0 Å². The van der Waals surface area contributed by atoms with Crippen molar-refractivity contribution in [3.8, 4) is 0 Å². The van der Waals surface area contributed by atoms with Crippen molar-refractivity contribution in [3.05, 3.63) is 34.4 Å². The van der Waals surface area contributed by atoms with Gasteiger partial charge in [-0.25, -0.2) is 8.42 Å². The van der Waals surface area contributed by atoms with Gasteiger partial charge in [0.25, 0.3) is 15.7 Å². The molecule has 0 heterocycles. The van der Waals surface area contributed by atoms with Gasteiger partial charge in [0.15, 0.2) is 0 Å². The van der Waals surface area contributed by atoms with Crippen molar-refractivity contribution in [3.63, 3.8) is 0 Å². The topological polar surface area (TPSA) is 80.5 Å². The fourth-order valence-corrected chi connectivity index (χ4v) is 4.71. The first-order valence-corrected chi connectivity index (χ1v) is 9.08. The number of benzene rings is 1. The number of unbranched alkanes of at least 4 members (excludes halogenated alkanes) is 1. The molecule has 0 saturated heterocycles. The molecule has 0 radical (unpaired) electrons. The van der Waals surface area contributed by atoms with Crippen LogP contribution in [0.2, 0.25) is 0 Å². The molecule has 22 heavy (non-hydrogen) atoms. The summed E-state index contributed by atoms with van der Waals surface area (Å²) in [6.45, 7) is 1.84. The van der Waals surface area contributed by atoms with Gasteiger partial charge < -0.3 is 0 Å². The smallest absolute Gasteiger partial charge is 0.258 e. The van der Waals surface area contributed by atoms with Gasteiger partial charge in [-0.1, -0.05) is 36.5 Å². The van der Waals surface area contributed by atoms with Gasteiger partial charge in [-0.2, -0.15) is 4.39 Å². The molecule has 0 unspecified atom stereocenters. The van der Waals surface area contributed by atoms with E-state index in [9.17, 15) is 22.9 Å². The average Bonchev–Trinajstić information content (AvgIpc) is 2.42. The molecule has 0 fully saturated rings. The monoisotopic (exact) mass is 390 g/mol. The first-order valence-electron chi connectivity index (χ1n) is 6.11. The molecular formula is C11H13Cl2FN2O4S2. The molecule has 1 aromatic carbocycles. The van der Waals surface area contributed by atoms with Gasteiger partial charge in [-0.05, 0) is 18.6 Å². The maximum atomic E-state index is 13.4. The molecule has 0 aliphatic carbocycles. The largest absolute Gasteiger partial charge is 0.319 e. The van der Waals surface area contributed by atoms with Crippen LogP contribution < -0.4 is 0 Å². The highest BCUT2D eigenvalue weighted by Gasteiger charge is 2.35. The second kappa shape index (κ2) is 7.78. The van der Waals surface area contributed by atoms with Crippen molar-refractivity contribution in [2.75, 3.05) is 6.54 Å². The lowest BCUT2D eigenvalue weighted by molar-refractivity contribution is -0.384. The third-order valence-corrected chi connectivity index (χ3v) is 5.92. The summed E-state index contributed by atoms with van der Waals surface area (Å²) in [7, 11) is -4.08. The van der Waals surface area contributed by atoms with Crippen molar-refractivity contribution in [2.24, 2.45) is 0 Å². The first kappa shape index (κ1) is 19.4. The number of non-ortho nitro benzene ring substituents is 1. The minimum atomic E-state index is -4.08. The van der Waals surface area contributed by atoms with Crippen molar-refractivity contribution in [1.82, 2.24) is 3.71 Å². The molecular weight excluding hydrogens is 378 g/mol. The number of nitro groups is 1. The Morgan fingerprint density at radius 2 is 1.91 bits per heavy atom. The van der Waals surface area contributed by atoms with Crippen LogP contribution in [0.15, 0.2) is 29.2 Å². The average molecular weight is 391 g/mol. The number of nitro benzene ring substituents is 1. The zero-order valence-electron chi connectivity index (χ0n) is 11.4. The van der Waals surface area contributed by atoms with Crippen LogP contribution >= 0.6 is 35.1 Å². The molecule has 0 aliphatic rings. The number of halogens is 3. The molecule has 0 aromatic heterocycles. The Kier molecular flexibility index (Phi) is 6.87. The maximum Gasteiger partial charge on any atom is 0.319 e. The van der Waals surface area contributed by atoms with Crippen LogP contribution in [0.4, 0.5) is 10.1 Å². The predicted octanol–water partition coefficient (Wildman–Crippen LogP) is 4.09. The van der Waals surface area contributed by atoms with Crippen molar-refractivity contribution in [1.29, 1.82) is 0 Å². The molecule has 0 atom stereocenters. The Bertz CT molecular complexity index is 620. The first-order chi connectivity index (χ1) is 10.1. The summed E-state index contributed by atoms with van der Waals surface area (Å²) in [5.41, 5.74) is -0.249. The molecule has 1 aromatic rings. The molecule has 124 valence electrons. The Morgan fingerprint density at radius 3 is 2.32 bits per heavy atom. The van der Waals surface area contributed by atoms with E-state index in [-0.39, 0.29) is 29.1 Å². The third kappa shape index (κ3) is 5.54. The Labute approximate surface area is 141 Å². The molecule has 0 amide bonds. The summed E-state index contributed by atoms with van der Waals surface area (Å²) in [4.78, 5) is 9.72. The summed E-state index contributed by atoms with van der Waals surface area (Å²) in [5, 5.41) is 10.6. The lowest BCUT2D eigenvalue weighted by Gasteiger charge is -2.23. The van der Waals surface area contributed by atoms with Crippen molar-refractivity contribution < 1.29 is 17.7 Å². The van der Waals surface area contributed by atoms with E-state index in [1.54, 1.807) is 0 Å². The van der Waals surface area contributed by atoms with E-state index in [2.05, 4.69) is 0 Å². The van der Waals surface area contributed by atoms with Crippen LogP contribution in [0.1, 0.15) is 19.8 Å². The van der Waals surface area contributed by atoms with E-state index in [1.807, 2.05) is 6.92 Å². The summed E-state index contributed by atoms with van der Waals surface area (Å²) in [5.74, 6) is 0. The van der Waals surface area contributed by atoms with Gasteiger partial charge >= 0.3 is 3.92 Å².